The number of aliphatic carboxylic acids is 1. The lowest BCUT2D eigenvalue weighted by Crippen LogP contribution is -2.39. The molecule has 6 nitrogen and oxygen atoms in total. The first-order chi connectivity index (χ1) is 16.8. The highest BCUT2D eigenvalue weighted by molar-refractivity contribution is 5.73. The van der Waals surface area contributed by atoms with E-state index in [4.69, 9.17) is 9.90 Å². The number of halogens is 7. The van der Waals surface area contributed by atoms with Crippen LogP contribution in [0, 0.1) is 23.3 Å². The van der Waals surface area contributed by atoms with Crippen LogP contribution in [0.3, 0.4) is 0 Å². The first-order valence-electron chi connectivity index (χ1n) is 10.5. The minimum atomic E-state index is -5.08. The van der Waals surface area contributed by atoms with E-state index in [1.54, 1.807) is 6.20 Å². The van der Waals surface area contributed by atoms with Crippen LogP contribution in [0.2, 0.25) is 0 Å². The van der Waals surface area contributed by atoms with E-state index in [0.29, 0.717) is 18.7 Å². The van der Waals surface area contributed by atoms with Gasteiger partial charge in [0.1, 0.15) is 29.1 Å². The Hall–Kier alpha value is -3.45. The second-order valence-electron chi connectivity index (χ2n) is 7.95. The lowest BCUT2D eigenvalue weighted by molar-refractivity contribution is -0.192. The van der Waals surface area contributed by atoms with E-state index in [0.717, 1.165) is 36.5 Å². The molecular weight excluding hydrogens is 499 g/mol. The summed E-state index contributed by atoms with van der Waals surface area (Å²) in [7, 11) is 0. The summed E-state index contributed by atoms with van der Waals surface area (Å²) in [4.78, 5) is 13.3. The van der Waals surface area contributed by atoms with Gasteiger partial charge < -0.3 is 20.1 Å². The number of hydrogen-bond acceptors (Lipinski definition) is 4. The molecule has 2 atom stereocenters. The van der Waals surface area contributed by atoms with E-state index in [1.807, 2.05) is 4.57 Å². The minimum Gasteiger partial charge on any atom is -0.475 e. The average Bonchev–Trinajstić information content (AvgIpc) is 3.21. The molecule has 2 aromatic carbocycles. The van der Waals surface area contributed by atoms with Gasteiger partial charge >= 0.3 is 12.1 Å². The van der Waals surface area contributed by atoms with Crippen LogP contribution in [-0.2, 0) is 17.8 Å². The number of aliphatic hydroxyl groups excluding tert-OH is 1. The van der Waals surface area contributed by atoms with E-state index in [-0.39, 0.29) is 23.7 Å². The first-order valence-corrected chi connectivity index (χ1v) is 10.5. The van der Waals surface area contributed by atoms with Crippen LogP contribution in [0.4, 0.5) is 30.7 Å². The number of rotatable bonds is 5. The van der Waals surface area contributed by atoms with Crippen LogP contribution >= 0.6 is 0 Å². The number of alkyl halides is 3. The molecule has 1 aromatic heterocycles. The first kappa shape index (κ1) is 27.1. The number of carboxylic acid groups (broad SMARTS) is 1. The second-order valence-corrected chi connectivity index (χ2v) is 7.95. The van der Waals surface area contributed by atoms with E-state index < -0.39 is 41.5 Å². The summed E-state index contributed by atoms with van der Waals surface area (Å²) >= 11 is 0. The van der Waals surface area contributed by atoms with Gasteiger partial charge in [0.2, 0.25) is 0 Å². The molecule has 1 aliphatic rings. The number of carbonyl (C=O) groups is 1. The molecule has 36 heavy (non-hydrogen) atoms. The molecule has 1 aliphatic heterocycles. The predicted molar refractivity (Wildman–Crippen MR) is 113 cm³/mol. The Bertz CT molecular complexity index is 1230. The van der Waals surface area contributed by atoms with Crippen LogP contribution in [0.25, 0.3) is 11.3 Å². The van der Waals surface area contributed by atoms with E-state index in [9.17, 15) is 35.8 Å². The molecule has 3 aromatic rings. The smallest absolute Gasteiger partial charge is 0.475 e. The Kier molecular flexibility index (Phi) is 8.35. The van der Waals surface area contributed by atoms with Gasteiger partial charge in [-0.1, -0.05) is 0 Å². The average molecular weight is 519 g/mol. The number of fused-ring (bicyclic) bond motifs is 1. The fraction of sp³-hybridized carbons (Fsp3) is 0.304. The van der Waals surface area contributed by atoms with E-state index in [1.165, 1.54) is 12.1 Å². The number of aryl methyl sites for hydroxylation is 1. The molecule has 4 rings (SSSR count). The summed E-state index contributed by atoms with van der Waals surface area (Å²) < 4.78 is 87.9. The van der Waals surface area contributed by atoms with Crippen LogP contribution < -0.4 is 5.32 Å². The van der Waals surface area contributed by atoms with Gasteiger partial charge in [-0.05, 0) is 36.8 Å². The van der Waals surface area contributed by atoms with Crippen molar-refractivity contribution in [3.8, 4) is 11.3 Å². The van der Waals surface area contributed by atoms with Gasteiger partial charge in [-0.25, -0.2) is 27.3 Å². The lowest BCUT2D eigenvalue weighted by atomic mass is 10.1. The van der Waals surface area contributed by atoms with Crippen LogP contribution in [0.15, 0.2) is 42.6 Å². The van der Waals surface area contributed by atoms with Crippen LogP contribution in [-0.4, -0.2) is 44.5 Å². The molecular formula is C23H20F7N3O3. The normalized spacial score (nSPS) is 16.1. The van der Waals surface area contributed by atoms with Crippen LogP contribution in [0.1, 0.15) is 23.9 Å². The molecule has 2 unspecified atom stereocenters. The topological polar surface area (TPSA) is 87.4 Å². The third kappa shape index (κ3) is 6.82. The van der Waals surface area contributed by atoms with Crippen LogP contribution in [0.5, 0.6) is 0 Å². The van der Waals surface area contributed by atoms with Crippen molar-refractivity contribution in [3.63, 3.8) is 0 Å². The van der Waals surface area contributed by atoms with Gasteiger partial charge in [0.05, 0.1) is 11.8 Å². The van der Waals surface area contributed by atoms with Crippen molar-refractivity contribution >= 4 is 5.97 Å². The molecule has 0 aliphatic carbocycles. The number of nitrogens with one attached hydrogen (secondary N) is 1. The highest BCUT2D eigenvalue weighted by Gasteiger charge is 2.38. The number of carboxylic acids is 1. The van der Waals surface area contributed by atoms with Gasteiger partial charge in [0.15, 0.2) is 0 Å². The molecule has 0 saturated heterocycles. The monoisotopic (exact) mass is 519 g/mol. The van der Waals surface area contributed by atoms with Gasteiger partial charge in [0.25, 0.3) is 0 Å². The molecule has 0 bridgehead atoms. The van der Waals surface area contributed by atoms with Crippen molar-refractivity contribution in [3.05, 3.63) is 77.3 Å². The van der Waals surface area contributed by atoms with E-state index in [2.05, 4.69) is 10.3 Å². The van der Waals surface area contributed by atoms with E-state index >= 15 is 0 Å². The lowest BCUT2D eigenvalue weighted by Gasteiger charge is -2.26. The molecule has 0 fully saturated rings. The summed E-state index contributed by atoms with van der Waals surface area (Å²) in [6, 6.07) is 6.33. The third-order valence-electron chi connectivity index (χ3n) is 5.36. The number of benzene rings is 2. The zero-order chi connectivity index (χ0) is 26.6. The van der Waals surface area contributed by atoms with Crippen molar-refractivity contribution in [2.45, 2.75) is 37.7 Å². The fourth-order valence-corrected chi connectivity index (χ4v) is 3.60. The number of imidazole rings is 1. The SMILES string of the molecule is O=C(O)C(F)(F)F.OC(CNC1CCc2nc(-c3ccc(F)cc3F)cn2C1)c1cc(F)ccc1F. The van der Waals surface area contributed by atoms with Gasteiger partial charge in [-0.2, -0.15) is 13.2 Å². The van der Waals surface area contributed by atoms with Gasteiger partial charge in [-0.3, -0.25) is 0 Å². The van der Waals surface area contributed by atoms with Crippen molar-refractivity contribution in [2.24, 2.45) is 0 Å². The maximum absolute atomic E-state index is 14.0. The summed E-state index contributed by atoms with van der Waals surface area (Å²) in [6.45, 7) is 0.595. The highest BCUT2D eigenvalue weighted by atomic mass is 19.4. The Morgan fingerprint density at radius 2 is 1.72 bits per heavy atom. The summed E-state index contributed by atoms with van der Waals surface area (Å²) in [5.41, 5.74) is 0.570. The Morgan fingerprint density at radius 3 is 2.36 bits per heavy atom. The number of aromatic nitrogens is 2. The Balaban J connectivity index is 0.000000454. The van der Waals surface area contributed by atoms with Gasteiger partial charge in [-0.15, -0.1) is 0 Å². The molecule has 0 radical (unpaired) electrons. The molecule has 13 heteroatoms. The summed E-state index contributed by atoms with van der Waals surface area (Å²) in [6.07, 6.45) is -3.20. The fourth-order valence-electron chi connectivity index (χ4n) is 3.60. The standard InChI is InChI=1S/C21H19F4N3O.C2HF3O2/c22-12-2-5-17(24)16(7-12)20(29)9-26-14-3-6-21-27-19(11-28(21)10-14)15-4-1-13(23)8-18(15)25;3-2(4,5)1(6)7/h1-2,4-5,7-8,11,14,20,26,29H,3,6,9-10H2;(H,6,7). The third-order valence-corrected chi connectivity index (χ3v) is 5.36. The predicted octanol–water partition coefficient (Wildman–Crippen LogP) is 4.38. The molecule has 2 heterocycles. The quantitative estimate of drug-likeness (QED) is 0.436. The zero-order valence-electron chi connectivity index (χ0n) is 18.4. The Morgan fingerprint density at radius 1 is 1.08 bits per heavy atom. The number of aliphatic hydroxyl groups is 1. The van der Waals surface area contributed by atoms with Crippen molar-refractivity contribution < 1.29 is 45.7 Å². The van der Waals surface area contributed by atoms with Crippen molar-refractivity contribution in [1.29, 1.82) is 0 Å². The van der Waals surface area contributed by atoms with Crippen molar-refractivity contribution in [1.82, 2.24) is 14.9 Å². The molecule has 0 saturated carbocycles. The molecule has 0 amide bonds. The Labute approximate surface area is 200 Å². The maximum Gasteiger partial charge on any atom is 0.490 e. The van der Waals surface area contributed by atoms with Gasteiger partial charge in [0, 0.05) is 48.9 Å². The number of nitrogens with zero attached hydrogens (tertiary/aromatic N) is 2. The minimum absolute atomic E-state index is 0.0196. The largest absolute Gasteiger partial charge is 0.490 e. The zero-order valence-corrected chi connectivity index (χ0v) is 18.4. The second kappa shape index (κ2) is 11.1. The molecule has 3 N–H and O–H groups in total. The number of hydrogen-bond donors (Lipinski definition) is 3. The molecule has 0 spiro atoms. The molecule has 194 valence electrons. The maximum atomic E-state index is 14.0. The summed E-state index contributed by atoms with van der Waals surface area (Å²) in [5.74, 6) is -4.55. The summed E-state index contributed by atoms with van der Waals surface area (Å²) in [5, 5.41) is 20.5. The highest BCUT2D eigenvalue weighted by Crippen LogP contribution is 2.26. The van der Waals surface area contributed by atoms with Crippen molar-refractivity contribution in [2.75, 3.05) is 6.54 Å².